The van der Waals surface area contributed by atoms with Crippen LogP contribution in [0.25, 0.3) is 109 Å². The third kappa shape index (κ3) is 2.39. The highest BCUT2D eigenvalue weighted by Crippen LogP contribution is 2.55. The van der Waals surface area contributed by atoms with Crippen molar-refractivity contribution < 1.29 is 4.42 Å². The molecule has 0 N–H and O–H groups in total. The summed E-state index contributed by atoms with van der Waals surface area (Å²) in [6, 6.07) is 24.1. The Kier molecular flexibility index (Phi) is 3.55. The highest BCUT2D eigenvalue weighted by molar-refractivity contribution is 6.46. The van der Waals surface area contributed by atoms with Gasteiger partial charge in [-0.1, -0.05) is 24.3 Å². The summed E-state index contributed by atoms with van der Waals surface area (Å²) in [6.45, 7) is 2.17. The minimum atomic E-state index is -0.0926. The molecule has 0 radical (unpaired) electrons. The first-order chi connectivity index (χ1) is 23.1. The van der Waals surface area contributed by atoms with Crippen LogP contribution >= 0.6 is 0 Å². The molecule has 0 aliphatic heterocycles. The van der Waals surface area contributed by atoms with E-state index in [0.717, 1.165) is 99.9 Å². The number of para-hydroxylation sites is 4. The van der Waals surface area contributed by atoms with Crippen molar-refractivity contribution in [1.29, 1.82) is 0 Å². The predicted molar refractivity (Wildman–Crippen MR) is 188 cm³/mol. The molecule has 218 valence electrons. The molecule has 0 saturated heterocycles. The van der Waals surface area contributed by atoms with Crippen LogP contribution in [0.5, 0.6) is 0 Å². The van der Waals surface area contributed by atoms with Crippen molar-refractivity contribution in [2.45, 2.75) is 25.7 Å². The van der Waals surface area contributed by atoms with E-state index in [4.69, 9.17) is 14.4 Å². The van der Waals surface area contributed by atoms with Crippen molar-refractivity contribution in [1.82, 2.24) is 18.8 Å². The van der Waals surface area contributed by atoms with E-state index in [-0.39, 0.29) is 11.1 Å². The summed E-state index contributed by atoms with van der Waals surface area (Å²) in [5.41, 5.74) is 8.16. The van der Waals surface area contributed by atoms with E-state index in [1.165, 1.54) is 10.9 Å². The van der Waals surface area contributed by atoms with Gasteiger partial charge in [-0.05, 0) is 96.1 Å². The van der Waals surface area contributed by atoms with Crippen LogP contribution in [0.1, 0.15) is 29.9 Å². The normalized spacial score (nSPS) is 14.8. The maximum absolute atomic E-state index is 14.5. The lowest BCUT2D eigenvalue weighted by molar-refractivity contribution is 0.670. The van der Waals surface area contributed by atoms with Crippen molar-refractivity contribution in [3.8, 4) is 0 Å². The van der Waals surface area contributed by atoms with Crippen LogP contribution < -0.4 is 11.1 Å². The van der Waals surface area contributed by atoms with Gasteiger partial charge in [0.05, 0.1) is 27.5 Å². The molecule has 1 fully saturated rings. The molecule has 0 bridgehead atoms. The number of rotatable bonds is 1. The zero-order valence-corrected chi connectivity index (χ0v) is 24.9. The molecule has 1 saturated carbocycles. The van der Waals surface area contributed by atoms with Gasteiger partial charge in [-0.2, -0.15) is 0 Å². The van der Waals surface area contributed by atoms with Gasteiger partial charge in [-0.3, -0.25) is 18.4 Å². The zero-order chi connectivity index (χ0) is 30.6. The second-order valence-electron chi connectivity index (χ2n) is 13.6. The fourth-order valence-electron chi connectivity index (χ4n) is 9.22. The van der Waals surface area contributed by atoms with E-state index in [1.54, 1.807) is 8.80 Å². The summed E-state index contributed by atoms with van der Waals surface area (Å²) >= 11 is 0. The first kappa shape index (κ1) is 23.3. The van der Waals surface area contributed by atoms with Gasteiger partial charge in [0.15, 0.2) is 0 Å². The van der Waals surface area contributed by atoms with Gasteiger partial charge in [-0.15, -0.1) is 0 Å². The fraction of sp³-hybridized carbons (Fsp3) is 0.100. The summed E-state index contributed by atoms with van der Waals surface area (Å²) in [4.78, 5) is 39.0. The van der Waals surface area contributed by atoms with Crippen molar-refractivity contribution in [2.24, 2.45) is 0 Å². The van der Waals surface area contributed by atoms with Gasteiger partial charge in [0.25, 0.3) is 11.1 Å². The van der Waals surface area contributed by atoms with Gasteiger partial charge in [0.2, 0.25) is 0 Å². The Labute approximate surface area is 262 Å². The Morgan fingerprint density at radius 1 is 0.596 bits per heavy atom. The van der Waals surface area contributed by atoms with Gasteiger partial charge in [-0.25, -0.2) is 9.97 Å². The van der Waals surface area contributed by atoms with E-state index < -0.39 is 0 Å². The van der Waals surface area contributed by atoms with Crippen LogP contribution in [0.2, 0.25) is 0 Å². The van der Waals surface area contributed by atoms with Crippen molar-refractivity contribution in [3.05, 3.63) is 105 Å². The van der Waals surface area contributed by atoms with Gasteiger partial charge in [0.1, 0.15) is 22.5 Å². The van der Waals surface area contributed by atoms with E-state index in [1.807, 2.05) is 54.6 Å². The van der Waals surface area contributed by atoms with Crippen LogP contribution in [-0.4, -0.2) is 18.8 Å². The molecular formula is C40H20N4O3. The number of nitrogens with zero attached hydrogens (tertiary/aromatic N) is 4. The molecule has 13 rings (SSSR count). The Hall–Kier alpha value is -6.08. The SMILES string of the molecule is Cc1cc2c3c(cc4oc5cc6c7c(cc(C8CC8)c8c1c3c4c5c87)c(=O)n1c3ccccc3nc61)c(=O)n1c3ccccc3nc21. The minimum Gasteiger partial charge on any atom is -0.456 e. The summed E-state index contributed by atoms with van der Waals surface area (Å²) in [7, 11) is 0. The molecule has 5 aromatic heterocycles. The van der Waals surface area contributed by atoms with Crippen LogP contribution in [0, 0.1) is 6.92 Å². The quantitative estimate of drug-likeness (QED) is 0.138. The van der Waals surface area contributed by atoms with Crippen LogP contribution in [-0.2, 0) is 0 Å². The largest absolute Gasteiger partial charge is 0.456 e. The average molecular weight is 605 g/mol. The lowest BCUT2D eigenvalue weighted by Crippen LogP contribution is -2.14. The van der Waals surface area contributed by atoms with Crippen LogP contribution in [0.3, 0.4) is 0 Å². The predicted octanol–water partition coefficient (Wildman–Crippen LogP) is 8.61. The second kappa shape index (κ2) is 7.16. The summed E-state index contributed by atoms with van der Waals surface area (Å²) < 4.78 is 10.3. The fourth-order valence-corrected chi connectivity index (χ4v) is 9.22. The molecule has 0 amide bonds. The number of aryl methyl sites for hydroxylation is 1. The van der Waals surface area contributed by atoms with Crippen molar-refractivity contribution in [3.63, 3.8) is 0 Å². The van der Waals surface area contributed by atoms with Gasteiger partial charge < -0.3 is 4.42 Å². The van der Waals surface area contributed by atoms with E-state index >= 15 is 0 Å². The topological polar surface area (TPSA) is 81.9 Å². The van der Waals surface area contributed by atoms with Crippen molar-refractivity contribution >= 4 is 109 Å². The summed E-state index contributed by atoms with van der Waals surface area (Å²) in [6.07, 6.45) is 2.18. The summed E-state index contributed by atoms with van der Waals surface area (Å²) in [5, 5.41) is 11.6. The number of benzene rings is 7. The second-order valence-corrected chi connectivity index (χ2v) is 13.6. The standard InChI is InChI=1S/C40H20N4O3/c1-16-12-19-30-22(40(46)43-25-8-4-2-6-23(25)41-37(19)43)15-28-33-34-27(47-28)14-20-31-21(39(45)44-26-9-5-3-7-24(26)42-38(20)44)13-18(17-10-11-17)32(36(31)34)29(16)35(30)33/h2-9,12-15,17H,10-11H2,1H3. The molecule has 0 spiro atoms. The number of imidazole rings is 2. The van der Waals surface area contributed by atoms with E-state index in [9.17, 15) is 9.59 Å². The number of hydrogen-bond acceptors (Lipinski definition) is 5. The maximum Gasteiger partial charge on any atom is 0.264 e. The van der Waals surface area contributed by atoms with E-state index in [0.29, 0.717) is 28.2 Å². The smallest absolute Gasteiger partial charge is 0.264 e. The maximum atomic E-state index is 14.5. The minimum absolute atomic E-state index is 0.0361. The first-order valence-electron chi connectivity index (χ1n) is 16.1. The number of aromatic nitrogens is 4. The monoisotopic (exact) mass is 604 g/mol. The number of hydrogen-bond donors (Lipinski definition) is 0. The molecule has 1 aliphatic carbocycles. The molecule has 5 heterocycles. The number of pyridine rings is 2. The Bertz CT molecular complexity index is 3530. The molecule has 0 atom stereocenters. The molecule has 1 aliphatic rings. The molecule has 7 heteroatoms. The van der Waals surface area contributed by atoms with Crippen LogP contribution in [0.4, 0.5) is 0 Å². The molecular weight excluding hydrogens is 584 g/mol. The van der Waals surface area contributed by atoms with Gasteiger partial charge >= 0.3 is 0 Å². The Morgan fingerprint density at radius 2 is 1.13 bits per heavy atom. The molecule has 47 heavy (non-hydrogen) atoms. The third-order valence-electron chi connectivity index (χ3n) is 11.2. The lowest BCUT2D eigenvalue weighted by atomic mass is 9.82. The molecule has 7 nitrogen and oxygen atoms in total. The molecule has 12 aromatic rings. The highest BCUT2D eigenvalue weighted by Gasteiger charge is 2.34. The van der Waals surface area contributed by atoms with Gasteiger partial charge in [0, 0.05) is 48.5 Å². The lowest BCUT2D eigenvalue weighted by Gasteiger charge is -2.20. The summed E-state index contributed by atoms with van der Waals surface area (Å²) in [5.74, 6) is 0.373. The number of fused-ring (bicyclic) bond motifs is 9. The van der Waals surface area contributed by atoms with Crippen LogP contribution in [0.15, 0.2) is 86.8 Å². The highest BCUT2D eigenvalue weighted by atomic mass is 16.3. The van der Waals surface area contributed by atoms with E-state index in [2.05, 4.69) is 25.1 Å². The van der Waals surface area contributed by atoms with Crippen molar-refractivity contribution in [2.75, 3.05) is 0 Å². The molecule has 0 unspecified atom stereocenters. The average Bonchev–Trinajstić information content (AvgIpc) is 3.58. The first-order valence-corrected chi connectivity index (χ1v) is 16.1. The number of furan rings is 1. The Morgan fingerprint density at radius 3 is 1.74 bits per heavy atom. The zero-order valence-electron chi connectivity index (χ0n) is 24.9. The molecule has 7 aromatic carbocycles. The third-order valence-corrected chi connectivity index (χ3v) is 11.2. The Balaban J connectivity index is 1.39.